The van der Waals surface area contributed by atoms with Crippen molar-refractivity contribution in [2.24, 2.45) is 0 Å². The van der Waals surface area contributed by atoms with E-state index in [1.54, 1.807) is 18.2 Å². The van der Waals surface area contributed by atoms with Crippen LogP contribution >= 0.6 is 0 Å². The summed E-state index contributed by atoms with van der Waals surface area (Å²) in [5.74, 6) is 0.365. The first-order valence-corrected chi connectivity index (χ1v) is 6.59. The Hall–Kier alpha value is -2.37. The summed E-state index contributed by atoms with van der Waals surface area (Å²) in [5, 5.41) is 12.9. The molecule has 0 fully saturated rings. The minimum Gasteiger partial charge on any atom is -0.504 e. The third-order valence-electron chi connectivity index (χ3n) is 3.32. The molecule has 0 aromatic heterocycles. The van der Waals surface area contributed by atoms with Gasteiger partial charge in [-0.3, -0.25) is 0 Å². The minimum absolute atomic E-state index is 0.0149. The molecule has 118 valence electrons. The number of anilines is 1. The number of ether oxygens (including phenoxy) is 1. The standard InChI is InChI=1S/C16H16F3NO2/c1-10-8-12(6-7-13(10)16(17,18)19)20-9-11-4-3-5-14(22-2)15(11)21/h3-8,20-21H,9H2,1-2H3. The molecule has 2 N–H and O–H groups in total. The maximum atomic E-state index is 12.7. The monoisotopic (exact) mass is 311 g/mol. The number of aryl methyl sites for hydroxylation is 1. The van der Waals surface area contributed by atoms with Crippen molar-refractivity contribution in [3.8, 4) is 11.5 Å². The van der Waals surface area contributed by atoms with E-state index in [1.807, 2.05) is 0 Å². The Labute approximate surface area is 126 Å². The number of halogens is 3. The maximum Gasteiger partial charge on any atom is 0.416 e. The Kier molecular flexibility index (Phi) is 4.49. The molecule has 6 heteroatoms. The van der Waals surface area contributed by atoms with Gasteiger partial charge in [0.2, 0.25) is 0 Å². The largest absolute Gasteiger partial charge is 0.504 e. The van der Waals surface area contributed by atoms with Crippen molar-refractivity contribution in [2.75, 3.05) is 12.4 Å². The zero-order valence-electron chi connectivity index (χ0n) is 12.2. The van der Waals surface area contributed by atoms with Crippen LogP contribution in [0.2, 0.25) is 0 Å². The lowest BCUT2D eigenvalue weighted by atomic mass is 10.1. The fourth-order valence-corrected chi connectivity index (χ4v) is 2.16. The molecule has 2 rings (SSSR count). The molecule has 0 saturated heterocycles. The van der Waals surface area contributed by atoms with Crippen LogP contribution < -0.4 is 10.1 Å². The van der Waals surface area contributed by atoms with Gasteiger partial charge in [0.05, 0.1) is 12.7 Å². The van der Waals surface area contributed by atoms with Crippen molar-refractivity contribution < 1.29 is 23.0 Å². The molecule has 0 aliphatic rings. The lowest BCUT2D eigenvalue weighted by Crippen LogP contribution is -2.08. The number of hydrogen-bond donors (Lipinski definition) is 2. The van der Waals surface area contributed by atoms with E-state index in [4.69, 9.17) is 4.74 Å². The Morgan fingerprint density at radius 2 is 1.91 bits per heavy atom. The highest BCUT2D eigenvalue weighted by Gasteiger charge is 2.32. The summed E-state index contributed by atoms with van der Waals surface area (Å²) in [6.07, 6.45) is -4.35. The van der Waals surface area contributed by atoms with Gasteiger partial charge in [0.25, 0.3) is 0 Å². The second-order valence-electron chi connectivity index (χ2n) is 4.85. The van der Waals surface area contributed by atoms with Crippen LogP contribution in [0.1, 0.15) is 16.7 Å². The highest BCUT2D eigenvalue weighted by atomic mass is 19.4. The SMILES string of the molecule is COc1cccc(CNc2ccc(C(F)(F)F)c(C)c2)c1O. The molecule has 2 aromatic carbocycles. The molecule has 0 heterocycles. The average molecular weight is 311 g/mol. The van der Waals surface area contributed by atoms with E-state index < -0.39 is 11.7 Å². The van der Waals surface area contributed by atoms with Crippen LogP contribution in [0.5, 0.6) is 11.5 Å². The van der Waals surface area contributed by atoms with E-state index in [1.165, 1.54) is 26.2 Å². The van der Waals surface area contributed by atoms with Gasteiger partial charge >= 0.3 is 6.18 Å². The molecule has 3 nitrogen and oxygen atoms in total. The number of rotatable bonds is 4. The van der Waals surface area contributed by atoms with Gasteiger partial charge in [-0.2, -0.15) is 13.2 Å². The summed E-state index contributed by atoms with van der Waals surface area (Å²) in [6.45, 7) is 1.69. The Morgan fingerprint density at radius 3 is 2.50 bits per heavy atom. The molecule has 0 unspecified atom stereocenters. The van der Waals surface area contributed by atoms with E-state index in [0.29, 0.717) is 17.0 Å². The fraction of sp³-hybridized carbons (Fsp3) is 0.250. The van der Waals surface area contributed by atoms with Crippen molar-refractivity contribution in [2.45, 2.75) is 19.6 Å². The Balaban J connectivity index is 2.14. The predicted octanol–water partition coefficient (Wildman–Crippen LogP) is 4.34. The van der Waals surface area contributed by atoms with Gasteiger partial charge in [-0.15, -0.1) is 0 Å². The smallest absolute Gasteiger partial charge is 0.416 e. The number of phenols is 1. The zero-order valence-corrected chi connectivity index (χ0v) is 12.2. The summed E-state index contributed by atoms with van der Waals surface area (Å²) >= 11 is 0. The summed E-state index contributed by atoms with van der Waals surface area (Å²) in [4.78, 5) is 0. The summed E-state index contributed by atoms with van der Waals surface area (Å²) < 4.78 is 43.1. The highest BCUT2D eigenvalue weighted by molar-refractivity contribution is 5.51. The number of para-hydroxylation sites is 1. The van der Waals surface area contributed by atoms with E-state index in [-0.39, 0.29) is 17.9 Å². The number of benzene rings is 2. The number of hydrogen-bond acceptors (Lipinski definition) is 3. The van der Waals surface area contributed by atoms with Crippen LogP contribution in [0.4, 0.5) is 18.9 Å². The number of nitrogens with one attached hydrogen (secondary N) is 1. The van der Waals surface area contributed by atoms with Crippen molar-refractivity contribution in [1.29, 1.82) is 0 Å². The van der Waals surface area contributed by atoms with E-state index in [2.05, 4.69) is 5.32 Å². The maximum absolute atomic E-state index is 12.7. The van der Waals surface area contributed by atoms with Crippen LogP contribution in [0.25, 0.3) is 0 Å². The quantitative estimate of drug-likeness (QED) is 0.882. The first kappa shape index (κ1) is 16.0. The Morgan fingerprint density at radius 1 is 1.18 bits per heavy atom. The second kappa shape index (κ2) is 6.17. The minimum atomic E-state index is -4.35. The van der Waals surface area contributed by atoms with Gasteiger partial charge in [0.15, 0.2) is 11.5 Å². The van der Waals surface area contributed by atoms with Crippen LogP contribution in [0.15, 0.2) is 36.4 Å². The van der Waals surface area contributed by atoms with Crippen LogP contribution in [0, 0.1) is 6.92 Å². The molecular weight excluding hydrogens is 295 g/mol. The molecule has 0 aliphatic heterocycles. The van der Waals surface area contributed by atoms with Gasteiger partial charge in [-0.25, -0.2) is 0 Å². The molecule has 0 bridgehead atoms. The van der Waals surface area contributed by atoms with Crippen molar-refractivity contribution in [3.63, 3.8) is 0 Å². The number of methoxy groups -OCH3 is 1. The zero-order chi connectivity index (χ0) is 16.3. The second-order valence-corrected chi connectivity index (χ2v) is 4.85. The predicted molar refractivity (Wildman–Crippen MR) is 78.2 cm³/mol. The third-order valence-corrected chi connectivity index (χ3v) is 3.32. The van der Waals surface area contributed by atoms with Crippen molar-refractivity contribution in [3.05, 3.63) is 53.1 Å². The van der Waals surface area contributed by atoms with Gasteiger partial charge < -0.3 is 15.2 Å². The molecule has 0 radical (unpaired) electrons. The van der Waals surface area contributed by atoms with Crippen molar-refractivity contribution >= 4 is 5.69 Å². The first-order chi connectivity index (χ1) is 10.3. The van der Waals surface area contributed by atoms with Gasteiger partial charge in [-0.1, -0.05) is 12.1 Å². The Bertz CT molecular complexity index is 669. The topological polar surface area (TPSA) is 41.5 Å². The molecule has 22 heavy (non-hydrogen) atoms. The number of aromatic hydroxyl groups is 1. The third kappa shape index (κ3) is 3.44. The number of alkyl halides is 3. The van der Waals surface area contributed by atoms with E-state index in [9.17, 15) is 18.3 Å². The molecule has 0 saturated carbocycles. The first-order valence-electron chi connectivity index (χ1n) is 6.59. The molecule has 0 aliphatic carbocycles. The molecule has 0 spiro atoms. The normalized spacial score (nSPS) is 11.3. The van der Waals surface area contributed by atoms with Gasteiger partial charge in [0, 0.05) is 17.8 Å². The average Bonchev–Trinajstić information content (AvgIpc) is 2.45. The molecular formula is C16H16F3NO2. The summed E-state index contributed by atoms with van der Waals surface area (Å²) in [7, 11) is 1.45. The van der Waals surface area contributed by atoms with Gasteiger partial charge in [-0.05, 0) is 36.8 Å². The van der Waals surface area contributed by atoms with E-state index >= 15 is 0 Å². The van der Waals surface area contributed by atoms with E-state index in [0.717, 1.165) is 6.07 Å². The summed E-state index contributed by atoms with van der Waals surface area (Å²) in [5.41, 5.74) is 0.638. The molecule has 0 amide bonds. The van der Waals surface area contributed by atoms with Gasteiger partial charge in [0.1, 0.15) is 0 Å². The highest BCUT2D eigenvalue weighted by Crippen LogP contribution is 2.33. The lowest BCUT2D eigenvalue weighted by molar-refractivity contribution is -0.138. The van der Waals surface area contributed by atoms with Crippen molar-refractivity contribution in [1.82, 2.24) is 0 Å². The van der Waals surface area contributed by atoms with Crippen LogP contribution in [-0.2, 0) is 12.7 Å². The summed E-state index contributed by atoms with van der Waals surface area (Å²) in [6, 6.07) is 8.91. The molecule has 2 aromatic rings. The molecule has 0 atom stereocenters. The van der Waals surface area contributed by atoms with Crippen LogP contribution in [0.3, 0.4) is 0 Å². The van der Waals surface area contributed by atoms with Crippen LogP contribution in [-0.4, -0.2) is 12.2 Å². The fourth-order valence-electron chi connectivity index (χ4n) is 2.16. The number of phenolic OH excluding ortho intramolecular Hbond substituents is 1. The lowest BCUT2D eigenvalue weighted by Gasteiger charge is -2.14.